The fourth-order valence-electron chi connectivity index (χ4n) is 2.02. The van der Waals surface area contributed by atoms with Crippen LogP contribution in [0.1, 0.15) is 47.1 Å². The van der Waals surface area contributed by atoms with Crippen molar-refractivity contribution in [3.63, 3.8) is 0 Å². The van der Waals surface area contributed by atoms with E-state index in [2.05, 4.69) is 78.1 Å². The number of halogens is 1. The Morgan fingerprint density at radius 1 is 0.750 bits per heavy atom. The van der Waals surface area contributed by atoms with Gasteiger partial charge in [-0.2, -0.15) is 0 Å². The number of hydrogen-bond donors (Lipinski definition) is 0. The molecule has 1 rings (SSSR count). The van der Waals surface area contributed by atoms with E-state index in [-0.39, 0.29) is 15.8 Å². The number of rotatable bonds is 6. The van der Waals surface area contributed by atoms with Crippen molar-refractivity contribution in [2.45, 2.75) is 41.5 Å². The zero-order valence-corrected chi connectivity index (χ0v) is 21.5. The second-order valence-electron chi connectivity index (χ2n) is 5.11. The molecule has 0 aliphatic carbocycles. The van der Waals surface area contributed by atoms with E-state index < -0.39 is 0 Å². The van der Waals surface area contributed by atoms with Crippen LogP contribution in [-0.2, 0) is 17.2 Å². The Morgan fingerprint density at radius 2 is 1.04 bits per heavy atom. The first-order valence-electron chi connectivity index (χ1n) is 8.89. The molecule has 1 aromatic rings. The first-order chi connectivity index (χ1) is 11.6. The molecule has 0 radical (unpaired) electrons. The normalized spacial score (nSPS) is 8.92. The number of hydrogen-bond acceptors (Lipinski definition) is 0. The molecule has 0 bridgehead atoms. The fraction of sp³-hybridized carbons (Fsp3) is 0.600. The largest absolute Gasteiger partial charge is 0.366 e. The van der Waals surface area contributed by atoms with Gasteiger partial charge in [-0.3, -0.25) is 5.92 Å². The maximum atomic E-state index is 6.69. The van der Waals surface area contributed by atoms with Gasteiger partial charge in [0.25, 0.3) is 0 Å². The Bertz CT molecular complexity index is 335. The van der Waals surface area contributed by atoms with Crippen LogP contribution in [-0.4, -0.2) is 37.0 Å². The summed E-state index contributed by atoms with van der Waals surface area (Å²) in [7, 11) is 0.275. The van der Waals surface area contributed by atoms with E-state index in [9.17, 15) is 0 Å². The third-order valence-corrected chi connectivity index (χ3v) is 9.92. The zero-order valence-electron chi connectivity index (χ0n) is 16.3. The summed E-state index contributed by atoms with van der Waals surface area (Å²) in [5.41, 5.74) is 0.826. The third kappa shape index (κ3) is 20.8. The Labute approximate surface area is 172 Å². The molecule has 0 spiro atoms. The van der Waals surface area contributed by atoms with Gasteiger partial charge in [0, 0.05) is 0 Å². The van der Waals surface area contributed by atoms with E-state index in [0.717, 1.165) is 5.56 Å². The van der Waals surface area contributed by atoms with Crippen LogP contribution < -0.4 is 0 Å². The van der Waals surface area contributed by atoms with Crippen molar-refractivity contribution in [3.8, 4) is 5.92 Å². The maximum Gasteiger partial charge on any atom is -0.0652 e. The molecular formula is C20H37BrP2Pd+2. The first kappa shape index (κ1) is 29.5. The van der Waals surface area contributed by atoms with Crippen LogP contribution in [0.3, 0.4) is 0 Å². The molecule has 142 valence electrons. The molecule has 4 heteroatoms. The molecule has 0 amide bonds. The van der Waals surface area contributed by atoms with Crippen LogP contribution in [0.4, 0.5) is 0 Å². The molecule has 0 saturated heterocycles. The van der Waals surface area contributed by atoms with Gasteiger partial charge in [-0.15, -0.1) is 17.7 Å². The summed E-state index contributed by atoms with van der Waals surface area (Å²) < 4.78 is 0. The molecule has 0 atom stereocenters. The van der Waals surface area contributed by atoms with Crippen molar-refractivity contribution >= 4 is 29.3 Å². The SMILES string of the molecule is CC[PH+](CC)CC.CC[PH+](CC)CC.[Br][Pd+].[C-]#Cc1ccccc1. The smallest absolute Gasteiger partial charge is 0.0652 e. The summed E-state index contributed by atoms with van der Waals surface area (Å²) in [5.74, 6) is 2.28. The van der Waals surface area contributed by atoms with E-state index in [1.165, 1.54) is 37.0 Å². The third-order valence-electron chi connectivity index (χ3n) is 3.92. The van der Waals surface area contributed by atoms with Crippen molar-refractivity contribution in [2.24, 2.45) is 0 Å². The summed E-state index contributed by atoms with van der Waals surface area (Å²) >= 11 is 5.35. The van der Waals surface area contributed by atoms with Crippen LogP contribution in [0.2, 0.25) is 0 Å². The molecule has 1 aromatic carbocycles. The maximum absolute atomic E-state index is 6.69. The van der Waals surface area contributed by atoms with Crippen LogP contribution in [0, 0.1) is 12.3 Å². The molecule has 0 aromatic heterocycles. The predicted octanol–water partition coefficient (Wildman–Crippen LogP) is 6.99. The van der Waals surface area contributed by atoms with Gasteiger partial charge in [0.1, 0.15) is 0 Å². The van der Waals surface area contributed by atoms with Gasteiger partial charge in [0.2, 0.25) is 0 Å². The average molecular weight is 526 g/mol. The van der Waals surface area contributed by atoms with Gasteiger partial charge in [-0.05, 0) is 57.4 Å². The van der Waals surface area contributed by atoms with Crippen molar-refractivity contribution < 1.29 is 17.2 Å². The average Bonchev–Trinajstić information content (AvgIpc) is 2.68. The molecule has 24 heavy (non-hydrogen) atoms. The second-order valence-corrected chi connectivity index (χ2v) is 12.4. The van der Waals surface area contributed by atoms with Crippen molar-refractivity contribution in [1.29, 1.82) is 0 Å². The van der Waals surface area contributed by atoms with Crippen molar-refractivity contribution in [1.82, 2.24) is 0 Å². The Hall–Kier alpha value is 0.782. The summed E-state index contributed by atoms with van der Waals surface area (Å²) in [6.45, 7) is 13.8. The minimum atomic E-state index is 0.137. The Kier molecular flexibility index (Phi) is 32.0. The molecule has 0 heterocycles. The van der Waals surface area contributed by atoms with Crippen LogP contribution in [0.15, 0.2) is 30.3 Å². The van der Waals surface area contributed by atoms with Crippen LogP contribution in [0.25, 0.3) is 0 Å². The fourth-order valence-corrected chi connectivity index (χ4v) is 5.02. The molecule has 0 fully saturated rings. The Balaban J connectivity index is -0.000000263. The first-order valence-corrected chi connectivity index (χ1v) is 16.7. The monoisotopic (exact) mass is 524 g/mol. The van der Waals surface area contributed by atoms with E-state index in [4.69, 9.17) is 6.42 Å². The Morgan fingerprint density at radius 3 is 1.17 bits per heavy atom. The van der Waals surface area contributed by atoms with Crippen LogP contribution in [0.5, 0.6) is 0 Å². The molecular weight excluding hydrogens is 488 g/mol. The van der Waals surface area contributed by atoms with Crippen LogP contribution >= 0.6 is 29.3 Å². The van der Waals surface area contributed by atoms with Crippen molar-refractivity contribution in [2.75, 3.05) is 37.0 Å². The quantitative estimate of drug-likeness (QED) is 0.163. The second kappa shape index (κ2) is 26.0. The number of benzene rings is 1. The van der Waals surface area contributed by atoms with Gasteiger partial charge < -0.3 is 6.42 Å². The summed E-state index contributed by atoms with van der Waals surface area (Å²) in [6, 6.07) is 9.37. The molecule has 0 aliphatic rings. The molecule has 0 aliphatic heterocycles. The van der Waals surface area contributed by atoms with E-state index in [1.54, 1.807) is 0 Å². The minimum Gasteiger partial charge on any atom is -0.366 e. The molecule has 0 unspecified atom stereocenters. The molecule has 0 saturated carbocycles. The van der Waals surface area contributed by atoms with E-state index in [0.29, 0.717) is 0 Å². The minimum absolute atomic E-state index is 0.137. The topological polar surface area (TPSA) is 0 Å². The van der Waals surface area contributed by atoms with Gasteiger partial charge in [0.15, 0.2) is 0 Å². The van der Waals surface area contributed by atoms with Gasteiger partial charge in [-0.25, -0.2) is 0 Å². The molecule has 0 N–H and O–H groups in total. The van der Waals surface area contributed by atoms with Gasteiger partial charge in [-0.1, -0.05) is 18.2 Å². The van der Waals surface area contributed by atoms with E-state index in [1.807, 2.05) is 30.3 Å². The summed E-state index contributed by atoms with van der Waals surface area (Å²) in [4.78, 5) is 0. The van der Waals surface area contributed by atoms with Gasteiger partial charge >= 0.3 is 30.6 Å². The zero-order chi connectivity index (χ0) is 19.2. The standard InChI is InChI=1S/C8H5.2C6H15P.BrH.Pd/c1-2-8-6-4-3-5-7-8;2*1-4-7(5-2)6-3;;/h3-7H;2*4-6H2,1-3H3;1H;/q-1;;;;+2/p+1. The van der Waals surface area contributed by atoms with E-state index >= 15 is 0 Å². The van der Waals surface area contributed by atoms with Crippen molar-refractivity contribution in [3.05, 3.63) is 42.3 Å². The summed E-state index contributed by atoms with van der Waals surface area (Å²) in [5, 5.41) is 0. The summed E-state index contributed by atoms with van der Waals surface area (Å²) in [6.07, 6.45) is 15.4. The molecule has 0 nitrogen and oxygen atoms in total. The predicted molar refractivity (Wildman–Crippen MR) is 121 cm³/mol. The van der Waals surface area contributed by atoms with Gasteiger partial charge in [0.05, 0.1) is 37.0 Å².